The van der Waals surface area contributed by atoms with Crippen LogP contribution in [0.1, 0.15) is 0 Å². The lowest BCUT2D eigenvalue weighted by Gasteiger charge is -2.13. The zero-order valence-corrected chi connectivity index (χ0v) is 11.3. The van der Waals surface area contributed by atoms with Crippen molar-refractivity contribution in [2.24, 2.45) is 0 Å². The van der Waals surface area contributed by atoms with Gasteiger partial charge in [-0.05, 0) is 22.6 Å². The van der Waals surface area contributed by atoms with Gasteiger partial charge in [-0.1, -0.05) is 66.7 Å². The lowest BCUT2D eigenvalue weighted by Crippen LogP contribution is -1.98. The maximum atomic E-state index is 3.77. The van der Waals surface area contributed by atoms with E-state index in [1.165, 1.54) is 21.9 Å². The summed E-state index contributed by atoms with van der Waals surface area (Å²) in [4.78, 5) is 0. The summed E-state index contributed by atoms with van der Waals surface area (Å²) in [5.41, 5.74) is 3.66. The van der Waals surface area contributed by atoms with E-state index in [2.05, 4.69) is 72.6 Å². The first-order valence-electron chi connectivity index (χ1n) is 6.82. The lowest BCUT2D eigenvalue weighted by atomic mass is 9.97. The Bertz CT molecular complexity index is 724. The molecular weight excluding hydrogens is 242 g/mol. The van der Waals surface area contributed by atoms with Crippen LogP contribution in [-0.4, -0.2) is 6.54 Å². The molecule has 0 aliphatic carbocycles. The Morgan fingerprint density at radius 2 is 1.60 bits per heavy atom. The Hall–Kier alpha value is -2.54. The smallest absolute Gasteiger partial charge is 0.0428 e. The van der Waals surface area contributed by atoms with E-state index < -0.39 is 0 Å². The Kier molecular flexibility index (Phi) is 3.51. The van der Waals surface area contributed by atoms with Crippen molar-refractivity contribution >= 4 is 16.5 Å². The second-order valence-corrected chi connectivity index (χ2v) is 4.74. The standard InChI is InChI=1S/C19H17N/c1-2-14-20-18-13-7-11-16-10-6-12-17(19(16)18)15-8-4-3-5-9-15/h2-13,20H,1,14H2. The fourth-order valence-corrected chi connectivity index (χ4v) is 2.53. The molecule has 98 valence electrons. The Labute approximate surface area is 119 Å². The maximum absolute atomic E-state index is 3.77. The number of benzene rings is 3. The number of hydrogen-bond acceptors (Lipinski definition) is 1. The van der Waals surface area contributed by atoms with Crippen LogP contribution in [0.3, 0.4) is 0 Å². The third-order valence-corrected chi connectivity index (χ3v) is 3.43. The maximum Gasteiger partial charge on any atom is 0.0428 e. The molecule has 0 saturated carbocycles. The van der Waals surface area contributed by atoms with Crippen molar-refractivity contribution < 1.29 is 0 Å². The first-order chi connectivity index (χ1) is 9.90. The second kappa shape index (κ2) is 5.62. The Balaban J connectivity index is 2.24. The van der Waals surface area contributed by atoms with Crippen LogP contribution in [0.4, 0.5) is 5.69 Å². The van der Waals surface area contributed by atoms with Gasteiger partial charge in [0.15, 0.2) is 0 Å². The molecule has 0 spiro atoms. The molecule has 0 aromatic heterocycles. The van der Waals surface area contributed by atoms with Gasteiger partial charge in [-0.2, -0.15) is 0 Å². The quantitative estimate of drug-likeness (QED) is 0.642. The van der Waals surface area contributed by atoms with E-state index in [-0.39, 0.29) is 0 Å². The van der Waals surface area contributed by atoms with Gasteiger partial charge < -0.3 is 5.32 Å². The highest BCUT2D eigenvalue weighted by atomic mass is 14.9. The van der Waals surface area contributed by atoms with Crippen LogP contribution in [0, 0.1) is 0 Å². The minimum absolute atomic E-state index is 0.766. The molecule has 0 heterocycles. The molecule has 0 saturated heterocycles. The summed E-state index contributed by atoms with van der Waals surface area (Å²) >= 11 is 0. The van der Waals surface area contributed by atoms with Crippen molar-refractivity contribution in [1.29, 1.82) is 0 Å². The highest BCUT2D eigenvalue weighted by molar-refractivity contribution is 6.04. The van der Waals surface area contributed by atoms with Crippen LogP contribution >= 0.6 is 0 Å². The predicted molar refractivity (Wildman–Crippen MR) is 88.1 cm³/mol. The highest BCUT2D eigenvalue weighted by Crippen LogP contribution is 2.33. The molecule has 1 heteroatoms. The summed E-state index contributed by atoms with van der Waals surface area (Å²) in [6.07, 6.45) is 1.88. The summed E-state index contributed by atoms with van der Waals surface area (Å²) in [6, 6.07) is 23.3. The van der Waals surface area contributed by atoms with Gasteiger partial charge in [0.25, 0.3) is 0 Å². The molecule has 3 rings (SSSR count). The number of nitrogens with one attached hydrogen (secondary N) is 1. The van der Waals surface area contributed by atoms with Crippen molar-refractivity contribution in [3.05, 3.63) is 79.4 Å². The van der Waals surface area contributed by atoms with Gasteiger partial charge in [0.05, 0.1) is 0 Å². The van der Waals surface area contributed by atoms with Crippen molar-refractivity contribution in [1.82, 2.24) is 0 Å². The molecule has 0 amide bonds. The van der Waals surface area contributed by atoms with Gasteiger partial charge in [0, 0.05) is 17.6 Å². The van der Waals surface area contributed by atoms with Crippen molar-refractivity contribution in [3.63, 3.8) is 0 Å². The van der Waals surface area contributed by atoms with Crippen LogP contribution in [0.5, 0.6) is 0 Å². The average Bonchev–Trinajstić information content (AvgIpc) is 2.53. The van der Waals surface area contributed by atoms with E-state index in [4.69, 9.17) is 0 Å². The largest absolute Gasteiger partial charge is 0.381 e. The van der Waals surface area contributed by atoms with E-state index >= 15 is 0 Å². The third kappa shape index (κ3) is 2.30. The summed E-state index contributed by atoms with van der Waals surface area (Å²) < 4.78 is 0. The number of fused-ring (bicyclic) bond motifs is 1. The van der Waals surface area contributed by atoms with Gasteiger partial charge in [-0.3, -0.25) is 0 Å². The molecule has 1 N–H and O–H groups in total. The average molecular weight is 259 g/mol. The lowest BCUT2D eigenvalue weighted by molar-refractivity contribution is 1.36. The molecule has 0 aliphatic heterocycles. The molecule has 0 fully saturated rings. The predicted octanol–water partition coefficient (Wildman–Crippen LogP) is 5.10. The molecule has 0 aliphatic rings. The van der Waals surface area contributed by atoms with E-state index in [1.807, 2.05) is 12.1 Å². The zero-order chi connectivity index (χ0) is 13.8. The fourth-order valence-electron chi connectivity index (χ4n) is 2.53. The minimum atomic E-state index is 0.766. The SMILES string of the molecule is C=CCNc1cccc2cccc(-c3ccccc3)c12. The molecule has 1 nitrogen and oxygen atoms in total. The summed E-state index contributed by atoms with van der Waals surface area (Å²) in [5, 5.41) is 5.95. The second-order valence-electron chi connectivity index (χ2n) is 4.74. The molecular formula is C19H17N. The molecule has 0 bridgehead atoms. The van der Waals surface area contributed by atoms with Crippen LogP contribution < -0.4 is 5.32 Å². The van der Waals surface area contributed by atoms with Crippen LogP contribution in [0.15, 0.2) is 79.4 Å². The van der Waals surface area contributed by atoms with Crippen molar-refractivity contribution in [3.8, 4) is 11.1 Å². The van der Waals surface area contributed by atoms with E-state index in [1.54, 1.807) is 0 Å². The number of hydrogen-bond donors (Lipinski definition) is 1. The van der Waals surface area contributed by atoms with Gasteiger partial charge in [0.1, 0.15) is 0 Å². The number of anilines is 1. The first kappa shape index (κ1) is 12.5. The zero-order valence-electron chi connectivity index (χ0n) is 11.3. The molecule has 3 aromatic carbocycles. The van der Waals surface area contributed by atoms with Crippen LogP contribution in [0.2, 0.25) is 0 Å². The Morgan fingerprint density at radius 1 is 0.850 bits per heavy atom. The van der Waals surface area contributed by atoms with E-state index in [9.17, 15) is 0 Å². The summed E-state index contributed by atoms with van der Waals surface area (Å²) in [7, 11) is 0. The van der Waals surface area contributed by atoms with Crippen LogP contribution in [-0.2, 0) is 0 Å². The van der Waals surface area contributed by atoms with Crippen LogP contribution in [0.25, 0.3) is 21.9 Å². The van der Waals surface area contributed by atoms with Gasteiger partial charge >= 0.3 is 0 Å². The first-order valence-corrected chi connectivity index (χ1v) is 6.82. The molecule has 0 radical (unpaired) electrons. The fraction of sp³-hybridized carbons (Fsp3) is 0.0526. The number of rotatable bonds is 4. The van der Waals surface area contributed by atoms with Crippen molar-refractivity contribution in [2.75, 3.05) is 11.9 Å². The molecule has 0 unspecified atom stereocenters. The third-order valence-electron chi connectivity index (χ3n) is 3.43. The molecule has 0 atom stereocenters. The van der Waals surface area contributed by atoms with E-state index in [0.717, 1.165) is 12.2 Å². The summed E-state index contributed by atoms with van der Waals surface area (Å²) in [5.74, 6) is 0. The summed E-state index contributed by atoms with van der Waals surface area (Å²) in [6.45, 7) is 4.54. The van der Waals surface area contributed by atoms with E-state index in [0.29, 0.717) is 0 Å². The normalized spacial score (nSPS) is 10.4. The Morgan fingerprint density at radius 3 is 2.35 bits per heavy atom. The minimum Gasteiger partial charge on any atom is -0.381 e. The van der Waals surface area contributed by atoms with Crippen molar-refractivity contribution in [2.45, 2.75) is 0 Å². The van der Waals surface area contributed by atoms with Gasteiger partial charge in [-0.25, -0.2) is 0 Å². The molecule has 20 heavy (non-hydrogen) atoms. The molecule has 3 aromatic rings. The van der Waals surface area contributed by atoms with Gasteiger partial charge in [-0.15, -0.1) is 6.58 Å². The van der Waals surface area contributed by atoms with Gasteiger partial charge in [0.2, 0.25) is 0 Å². The topological polar surface area (TPSA) is 12.0 Å². The highest BCUT2D eigenvalue weighted by Gasteiger charge is 2.07. The monoisotopic (exact) mass is 259 g/mol.